The Morgan fingerprint density at radius 2 is 1.86 bits per heavy atom. The Morgan fingerprint density at radius 1 is 1.17 bits per heavy atom. The van der Waals surface area contributed by atoms with Gasteiger partial charge in [-0.25, -0.2) is 0 Å². The van der Waals surface area contributed by atoms with E-state index in [1.54, 1.807) is 36.7 Å². The van der Waals surface area contributed by atoms with Gasteiger partial charge in [0.05, 0.1) is 23.6 Å². The number of rotatable bonds is 4. The number of amides is 1. The fourth-order valence-corrected chi connectivity index (χ4v) is 3.33. The number of benzene rings is 1. The minimum Gasteiger partial charge on any atom is -0.317 e. The summed E-state index contributed by atoms with van der Waals surface area (Å²) in [5.41, 5.74) is 0.955. The molecule has 0 aliphatic carbocycles. The van der Waals surface area contributed by atoms with Gasteiger partial charge in [-0.2, -0.15) is 23.4 Å². The quantitative estimate of drug-likeness (QED) is 0.623. The fraction of sp³-hybridized carbons (Fsp3) is 0.278. The second-order valence-electron chi connectivity index (χ2n) is 6.43. The smallest absolute Gasteiger partial charge is 0.317 e. The summed E-state index contributed by atoms with van der Waals surface area (Å²) in [5, 5.41) is 11.6. The fourth-order valence-electron chi connectivity index (χ4n) is 2.86. The highest BCUT2D eigenvalue weighted by molar-refractivity contribution is 6.35. The van der Waals surface area contributed by atoms with Crippen molar-refractivity contribution in [1.29, 1.82) is 0 Å². The van der Waals surface area contributed by atoms with Gasteiger partial charge in [-0.3, -0.25) is 14.2 Å². The third kappa shape index (κ3) is 4.40. The molecule has 29 heavy (non-hydrogen) atoms. The van der Waals surface area contributed by atoms with Gasteiger partial charge in [-0.1, -0.05) is 29.3 Å². The Balaban J connectivity index is 1.84. The number of aromatic nitrogens is 4. The van der Waals surface area contributed by atoms with E-state index < -0.39 is 17.8 Å². The first kappa shape index (κ1) is 21.2. The zero-order valence-electron chi connectivity index (χ0n) is 15.6. The van der Waals surface area contributed by atoms with E-state index in [4.69, 9.17) is 23.2 Å². The highest BCUT2D eigenvalue weighted by Gasteiger charge is 2.35. The van der Waals surface area contributed by atoms with E-state index in [1.807, 2.05) is 0 Å². The molecule has 2 aromatic heterocycles. The van der Waals surface area contributed by atoms with Crippen molar-refractivity contribution in [3.05, 3.63) is 62.6 Å². The minimum absolute atomic E-state index is 0.334. The van der Waals surface area contributed by atoms with E-state index >= 15 is 0 Å². The monoisotopic (exact) mass is 445 g/mol. The zero-order chi connectivity index (χ0) is 21.5. The molecule has 0 unspecified atom stereocenters. The van der Waals surface area contributed by atoms with Gasteiger partial charge < -0.3 is 5.32 Å². The highest BCUT2D eigenvalue weighted by atomic mass is 35.5. The number of anilines is 1. The third-order valence-electron chi connectivity index (χ3n) is 4.36. The molecule has 3 rings (SSSR count). The largest absolute Gasteiger partial charge is 0.433 e. The second-order valence-corrected chi connectivity index (χ2v) is 7.27. The van der Waals surface area contributed by atoms with Crippen LogP contribution in [0.2, 0.25) is 10.0 Å². The number of halogens is 5. The van der Waals surface area contributed by atoms with E-state index in [2.05, 4.69) is 15.5 Å². The molecule has 0 aliphatic heterocycles. The first-order valence-electron chi connectivity index (χ1n) is 8.38. The van der Waals surface area contributed by atoms with Crippen molar-refractivity contribution < 1.29 is 18.0 Å². The predicted octanol–water partition coefficient (Wildman–Crippen LogP) is 4.86. The average Bonchev–Trinajstić information content (AvgIpc) is 3.13. The Bertz CT molecular complexity index is 1090. The summed E-state index contributed by atoms with van der Waals surface area (Å²) in [4.78, 5) is 12.4. The maximum atomic E-state index is 12.9. The van der Waals surface area contributed by atoms with Gasteiger partial charge in [0.2, 0.25) is 0 Å². The average molecular weight is 446 g/mol. The topological polar surface area (TPSA) is 64.7 Å². The van der Waals surface area contributed by atoms with Crippen molar-refractivity contribution in [3.8, 4) is 0 Å². The normalized spacial score (nSPS) is 11.7. The van der Waals surface area contributed by atoms with Gasteiger partial charge in [0.15, 0.2) is 5.69 Å². The van der Waals surface area contributed by atoms with Gasteiger partial charge in [0.25, 0.3) is 5.91 Å². The maximum absolute atomic E-state index is 12.9. The molecule has 154 valence electrons. The van der Waals surface area contributed by atoms with E-state index in [1.165, 1.54) is 0 Å². The first-order valence-corrected chi connectivity index (χ1v) is 9.13. The Hall–Kier alpha value is -2.52. The van der Waals surface area contributed by atoms with E-state index in [0.29, 0.717) is 44.4 Å². The van der Waals surface area contributed by atoms with Crippen LogP contribution in [0.5, 0.6) is 0 Å². The van der Waals surface area contributed by atoms with Crippen molar-refractivity contribution in [1.82, 2.24) is 19.6 Å². The second kappa shape index (κ2) is 7.72. The van der Waals surface area contributed by atoms with Gasteiger partial charge in [-0.05, 0) is 31.5 Å². The Kier molecular flexibility index (Phi) is 5.64. The van der Waals surface area contributed by atoms with Crippen LogP contribution in [-0.2, 0) is 19.8 Å². The van der Waals surface area contributed by atoms with Crippen LogP contribution < -0.4 is 5.32 Å². The van der Waals surface area contributed by atoms with Crippen molar-refractivity contribution in [2.24, 2.45) is 7.05 Å². The molecule has 0 bridgehead atoms. The molecule has 11 heteroatoms. The maximum Gasteiger partial charge on any atom is 0.433 e. The van der Waals surface area contributed by atoms with Gasteiger partial charge in [0, 0.05) is 23.2 Å². The van der Waals surface area contributed by atoms with Crippen molar-refractivity contribution in [2.75, 3.05) is 5.32 Å². The molecule has 6 nitrogen and oxygen atoms in total. The molecule has 2 heterocycles. The van der Waals surface area contributed by atoms with Crippen LogP contribution in [0, 0.1) is 13.8 Å². The number of hydrogen-bond acceptors (Lipinski definition) is 3. The molecule has 0 spiro atoms. The lowest BCUT2D eigenvalue weighted by Crippen LogP contribution is -2.14. The van der Waals surface area contributed by atoms with Crippen LogP contribution >= 0.6 is 23.2 Å². The molecule has 0 atom stereocenters. The van der Waals surface area contributed by atoms with Gasteiger partial charge in [0.1, 0.15) is 5.69 Å². The molecule has 0 fully saturated rings. The Morgan fingerprint density at radius 3 is 2.45 bits per heavy atom. The lowest BCUT2D eigenvalue weighted by atomic mass is 10.2. The zero-order valence-corrected chi connectivity index (χ0v) is 17.1. The highest BCUT2D eigenvalue weighted by Crippen LogP contribution is 2.30. The summed E-state index contributed by atoms with van der Waals surface area (Å²) in [6.07, 6.45) is -4.60. The lowest BCUT2D eigenvalue weighted by Gasteiger charge is -2.08. The molecule has 0 saturated heterocycles. The van der Waals surface area contributed by atoms with Crippen LogP contribution in [0.4, 0.5) is 18.9 Å². The van der Waals surface area contributed by atoms with Crippen molar-refractivity contribution in [2.45, 2.75) is 26.6 Å². The molecular formula is C18H16Cl2F3N5O. The molecule has 3 aromatic rings. The van der Waals surface area contributed by atoms with Crippen LogP contribution in [0.25, 0.3) is 0 Å². The predicted molar refractivity (Wildman–Crippen MR) is 103 cm³/mol. The number of aryl methyl sites for hydroxylation is 2. The van der Waals surface area contributed by atoms with Crippen LogP contribution in [0.15, 0.2) is 24.3 Å². The van der Waals surface area contributed by atoms with E-state index in [9.17, 15) is 18.0 Å². The molecule has 1 N–H and O–H groups in total. The summed E-state index contributed by atoms with van der Waals surface area (Å²) in [6, 6.07) is 5.80. The summed E-state index contributed by atoms with van der Waals surface area (Å²) < 4.78 is 41.0. The Labute approximate surface area is 174 Å². The van der Waals surface area contributed by atoms with Crippen LogP contribution in [0.3, 0.4) is 0 Å². The standard InChI is InChI=1S/C18H16Cl2F3N5O/c1-9-16(24-17(29)14-7-15(18(21,22)23)27(3)26-14)10(2)28(25-9)8-11-4-5-12(19)6-13(11)20/h4-7H,8H2,1-3H3,(H,24,29). The SMILES string of the molecule is Cc1nn(Cc2ccc(Cl)cc2Cl)c(C)c1NC(=O)c1cc(C(F)(F)F)n(C)n1. The number of nitrogens with zero attached hydrogens (tertiary/aromatic N) is 4. The van der Waals surface area contributed by atoms with Gasteiger partial charge >= 0.3 is 6.18 Å². The van der Waals surface area contributed by atoms with Crippen molar-refractivity contribution in [3.63, 3.8) is 0 Å². The molecular weight excluding hydrogens is 430 g/mol. The summed E-state index contributed by atoms with van der Waals surface area (Å²) in [6.45, 7) is 3.75. The van der Waals surface area contributed by atoms with Crippen LogP contribution in [0.1, 0.15) is 33.1 Å². The summed E-state index contributed by atoms with van der Waals surface area (Å²) >= 11 is 12.1. The molecule has 1 aromatic carbocycles. The van der Waals surface area contributed by atoms with E-state index in [-0.39, 0.29) is 5.69 Å². The number of carbonyl (C=O) groups excluding carboxylic acids is 1. The summed E-state index contributed by atoms with van der Waals surface area (Å²) in [5.74, 6) is -0.758. The molecule has 0 radical (unpaired) electrons. The molecule has 0 aliphatic rings. The number of hydrogen-bond donors (Lipinski definition) is 1. The minimum atomic E-state index is -4.60. The lowest BCUT2D eigenvalue weighted by molar-refractivity contribution is -0.143. The molecule has 0 saturated carbocycles. The number of carbonyl (C=O) groups is 1. The first-order chi connectivity index (χ1) is 13.5. The number of alkyl halides is 3. The van der Waals surface area contributed by atoms with E-state index in [0.717, 1.165) is 12.6 Å². The molecule has 1 amide bonds. The third-order valence-corrected chi connectivity index (χ3v) is 4.95. The van der Waals surface area contributed by atoms with Gasteiger partial charge in [-0.15, -0.1) is 0 Å². The van der Waals surface area contributed by atoms with Crippen molar-refractivity contribution >= 4 is 34.8 Å². The van der Waals surface area contributed by atoms with Crippen LogP contribution in [-0.4, -0.2) is 25.5 Å². The summed E-state index contributed by atoms with van der Waals surface area (Å²) in [7, 11) is 1.13. The number of nitrogens with one attached hydrogen (secondary N) is 1.